The van der Waals surface area contributed by atoms with Crippen molar-refractivity contribution < 1.29 is 14.6 Å². The Morgan fingerprint density at radius 3 is 2.55 bits per heavy atom. The highest BCUT2D eigenvalue weighted by atomic mass is 16.5. The largest absolute Gasteiger partial charge is 0.508 e. The number of nitriles is 2. The molecule has 1 unspecified atom stereocenters. The molecule has 3 aromatic rings. The van der Waals surface area contributed by atoms with Gasteiger partial charge in [0.05, 0.1) is 25.6 Å². The number of phenolic OH excluding ortho intramolecular Hbond substituents is 1. The van der Waals surface area contributed by atoms with Gasteiger partial charge in [0.1, 0.15) is 23.2 Å². The maximum Gasteiger partial charge on any atom is 0.246 e. The van der Waals surface area contributed by atoms with Gasteiger partial charge in [-0.1, -0.05) is 30.8 Å². The van der Waals surface area contributed by atoms with E-state index in [4.69, 9.17) is 9.72 Å². The number of carbonyl (C=O) groups excluding carboxylic acids is 1. The van der Waals surface area contributed by atoms with E-state index in [9.17, 15) is 20.4 Å². The molecule has 228 valence electrons. The zero-order chi connectivity index (χ0) is 31.2. The van der Waals surface area contributed by atoms with E-state index >= 15 is 0 Å². The molecule has 10 heteroatoms. The Kier molecular flexibility index (Phi) is 9.52. The van der Waals surface area contributed by atoms with Gasteiger partial charge in [0.2, 0.25) is 11.8 Å². The smallest absolute Gasteiger partial charge is 0.246 e. The molecule has 2 fully saturated rings. The van der Waals surface area contributed by atoms with E-state index in [1.165, 1.54) is 39.1 Å². The third-order valence-corrected chi connectivity index (χ3v) is 8.71. The van der Waals surface area contributed by atoms with Crippen molar-refractivity contribution in [2.75, 3.05) is 63.2 Å². The van der Waals surface area contributed by atoms with Crippen LogP contribution in [0.3, 0.4) is 0 Å². The SMILES string of the molecule is C=CC(=O)N1CCN(c2nc(OC)c(C#N)c3c2CCN(c2cc(O)cc4ccccc24)C3)CC1CC#N.CN1CCCC1. The molecule has 44 heavy (non-hydrogen) atoms. The van der Waals surface area contributed by atoms with Gasteiger partial charge < -0.3 is 29.4 Å². The van der Waals surface area contributed by atoms with Crippen molar-refractivity contribution in [3.63, 3.8) is 0 Å². The molecule has 2 saturated heterocycles. The average Bonchev–Trinajstić information content (AvgIpc) is 3.54. The number of nitrogens with zero attached hydrogens (tertiary/aromatic N) is 7. The Balaban J connectivity index is 0.000000573. The number of phenols is 1. The standard InChI is InChI=1S/C29H28N6O3.C5H11N/c1-3-27(37)35-13-12-34(17-20(35)8-10-30)28-23-9-11-33(18-25(23)24(16-31)29(32-28)38-2)26-15-21(36)14-19-6-4-5-7-22(19)26;1-6-4-2-3-5-6/h3-7,14-15,20,36H,1,8-9,11-13,17-18H2,2H3;2-5H2,1H3. The van der Waals surface area contributed by atoms with Gasteiger partial charge in [-0.05, 0) is 56.9 Å². The van der Waals surface area contributed by atoms with Gasteiger partial charge in [0, 0.05) is 61.0 Å². The Labute approximate surface area is 259 Å². The Morgan fingerprint density at radius 2 is 1.89 bits per heavy atom. The molecule has 1 atom stereocenters. The first kappa shape index (κ1) is 30.7. The number of rotatable bonds is 5. The third kappa shape index (κ3) is 6.27. The number of fused-ring (bicyclic) bond motifs is 2. The minimum Gasteiger partial charge on any atom is -0.508 e. The van der Waals surface area contributed by atoms with Crippen molar-refractivity contribution >= 4 is 28.2 Å². The van der Waals surface area contributed by atoms with Crippen LogP contribution in [0.5, 0.6) is 11.6 Å². The molecular formula is C34H39N7O3. The molecule has 0 spiro atoms. The lowest BCUT2D eigenvalue weighted by Crippen LogP contribution is -2.55. The lowest BCUT2D eigenvalue weighted by atomic mass is 9.94. The summed E-state index contributed by atoms with van der Waals surface area (Å²) in [6.45, 7) is 8.78. The summed E-state index contributed by atoms with van der Waals surface area (Å²) in [7, 11) is 3.68. The summed E-state index contributed by atoms with van der Waals surface area (Å²) in [4.78, 5) is 25.5. The molecule has 1 aromatic heterocycles. The molecule has 0 radical (unpaired) electrons. The van der Waals surface area contributed by atoms with Crippen LogP contribution in [0, 0.1) is 22.7 Å². The maximum absolute atomic E-state index is 12.4. The Morgan fingerprint density at radius 1 is 1.11 bits per heavy atom. The first-order valence-electron chi connectivity index (χ1n) is 15.1. The quantitative estimate of drug-likeness (QED) is 0.434. The van der Waals surface area contributed by atoms with Crippen molar-refractivity contribution in [2.24, 2.45) is 0 Å². The Bertz CT molecular complexity index is 1620. The Hall–Kier alpha value is -4.80. The van der Waals surface area contributed by atoms with Crippen molar-refractivity contribution in [3.8, 4) is 23.8 Å². The predicted octanol–water partition coefficient (Wildman–Crippen LogP) is 4.21. The van der Waals surface area contributed by atoms with E-state index in [1.54, 1.807) is 17.0 Å². The number of aromatic hydroxyl groups is 1. The fraction of sp³-hybridized carbons (Fsp3) is 0.412. The van der Waals surface area contributed by atoms with Crippen LogP contribution in [0.15, 0.2) is 49.1 Å². The zero-order valence-corrected chi connectivity index (χ0v) is 25.5. The molecule has 6 rings (SSSR count). The highest BCUT2D eigenvalue weighted by molar-refractivity contribution is 5.96. The van der Waals surface area contributed by atoms with Gasteiger partial charge in [0.25, 0.3) is 0 Å². The van der Waals surface area contributed by atoms with Crippen molar-refractivity contribution in [2.45, 2.75) is 38.3 Å². The summed E-state index contributed by atoms with van der Waals surface area (Å²) in [6, 6.07) is 15.6. The fourth-order valence-corrected chi connectivity index (χ4v) is 6.47. The van der Waals surface area contributed by atoms with Crippen molar-refractivity contribution in [1.82, 2.24) is 14.8 Å². The van der Waals surface area contributed by atoms with Gasteiger partial charge >= 0.3 is 0 Å². The summed E-state index contributed by atoms with van der Waals surface area (Å²) >= 11 is 0. The number of methoxy groups -OCH3 is 1. The van der Waals surface area contributed by atoms with Gasteiger partial charge in [-0.2, -0.15) is 15.5 Å². The summed E-state index contributed by atoms with van der Waals surface area (Å²) in [5.41, 5.74) is 3.12. The molecule has 3 aliphatic rings. The maximum atomic E-state index is 12.4. The van der Waals surface area contributed by atoms with Crippen LogP contribution in [-0.4, -0.2) is 85.3 Å². The minimum atomic E-state index is -0.294. The van der Waals surface area contributed by atoms with Gasteiger partial charge in [-0.25, -0.2) is 0 Å². The van der Waals surface area contributed by atoms with E-state index < -0.39 is 0 Å². The third-order valence-electron chi connectivity index (χ3n) is 8.71. The molecule has 10 nitrogen and oxygen atoms in total. The molecule has 2 aromatic carbocycles. The topological polar surface area (TPSA) is 120 Å². The number of anilines is 2. The van der Waals surface area contributed by atoms with E-state index in [1.807, 2.05) is 24.3 Å². The molecule has 1 amide bonds. The monoisotopic (exact) mass is 593 g/mol. The van der Waals surface area contributed by atoms with Crippen LogP contribution in [0.1, 0.15) is 36.0 Å². The van der Waals surface area contributed by atoms with Crippen LogP contribution >= 0.6 is 0 Å². The number of hydrogen-bond donors (Lipinski definition) is 1. The van der Waals surface area contributed by atoms with Crippen LogP contribution in [0.25, 0.3) is 10.8 Å². The highest BCUT2D eigenvalue weighted by Crippen LogP contribution is 2.39. The molecule has 4 heterocycles. The number of aromatic nitrogens is 1. The summed E-state index contributed by atoms with van der Waals surface area (Å²) in [5, 5.41) is 31.9. The lowest BCUT2D eigenvalue weighted by molar-refractivity contribution is -0.128. The fourth-order valence-electron chi connectivity index (χ4n) is 6.47. The molecule has 0 saturated carbocycles. The lowest BCUT2D eigenvalue weighted by Gasteiger charge is -2.42. The van der Waals surface area contributed by atoms with E-state index in [2.05, 4.69) is 40.5 Å². The highest BCUT2D eigenvalue weighted by Gasteiger charge is 2.34. The van der Waals surface area contributed by atoms with Crippen LogP contribution < -0.4 is 14.5 Å². The van der Waals surface area contributed by atoms with E-state index in [0.29, 0.717) is 44.7 Å². The summed E-state index contributed by atoms with van der Waals surface area (Å²) < 4.78 is 5.57. The van der Waals surface area contributed by atoms with Crippen LogP contribution in [0.4, 0.5) is 11.5 Å². The van der Waals surface area contributed by atoms with E-state index in [0.717, 1.165) is 33.4 Å². The van der Waals surface area contributed by atoms with Crippen LogP contribution in [0.2, 0.25) is 0 Å². The zero-order valence-electron chi connectivity index (χ0n) is 25.5. The van der Waals surface area contributed by atoms with Gasteiger partial charge in [0.15, 0.2) is 0 Å². The average molecular weight is 594 g/mol. The molecule has 0 aliphatic carbocycles. The number of ether oxygens (including phenoxy) is 1. The second kappa shape index (κ2) is 13.7. The number of piperazine rings is 1. The summed E-state index contributed by atoms with van der Waals surface area (Å²) in [5.74, 6) is 0.981. The summed E-state index contributed by atoms with van der Waals surface area (Å²) in [6.07, 6.45) is 4.94. The second-order valence-corrected chi connectivity index (χ2v) is 11.5. The normalized spacial score (nSPS) is 18.1. The first-order chi connectivity index (χ1) is 21.4. The second-order valence-electron chi connectivity index (χ2n) is 11.5. The number of hydrogen-bond acceptors (Lipinski definition) is 9. The van der Waals surface area contributed by atoms with E-state index in [-0.39, 0.29) is 30.0 Å². The van der Waals surface area contributed by atoms with Crippen molar-refractivity contribution in [3.05, 3.63) is 65.7 Å². The van der Waals surface area contributed by atoms with Crippen molar-refractivity contribution in [1.29, 1.82) is 10.5 Å². The minimum absolute atomic E-state index is 0.188. The number of likely N-dealkylation sites (tertiary alicyclic amines) is 1. The first-order valence-corrected chi connectivity index (χ1v) is 15.1. The van der Waals surface area contributed by atoms with Gasteiger partial charge in [-0.15, -0.1) is 0 Å². The molecule has 1 N–H and O–H groups in total. The van der Waals surface area contributed by atoms with Crippen LogP contribution in [-0.2, 0) is 17.8 Å². The number of carbonyl (C=O) groups is 1. The number of benzene rings is 2. The number of amides is 1. The molecule has 3 aliphatic heterocycles. The predicted molar refractivity (Wildman–Crippen MR) is 171 cm³/mol. The molecule has 0 bridgehead atoms. The number of pyridine rings is 1. The molecular weight excluding hydrogens is 554 g/mol. The van der Waals surface area contributed by atoms with Gasteiger partial charge in [-0.3, -0.25) is 4.79 Å².